The van der Waals surface area contributed by atoms with Crippen LogP contribution < -0.4 is 15.4 Å². The molecule has 0 aliphatic carbocycles. The molecule has 31 heavy (non-hydrogen) atoms. The van der Waals surface area contributed by atoms with Crippen LogP contribution in [-0.4, -0.2) is 36.5 Å². The molecule has 3 rings (SSSR count). The smallest absolute Gasteiger partial charge is 0.243 e. The van der Waals surface area contributed by atoms with Crippen molar-refractivity contribution in [2.45, 2.75) is 26.3 Å². The van der Waals surface area contributed by atoms with Gasteiger partial charge in [0.25, 0.3) is 0 Å². The molecule has 0 aliphatic rings. The molecule has 0 saturated heterocycles. The zero-order valence-electron chi connectivity index (χ0n) is 17.6. The summed E-state index contributed by atoms with van der Waals surface area (Å²) in [5, 5.41) is 6.25. The van der Waals surface area contributed by atoms with Gasteiger partial charge in [-0.3, -0.25) is 19.9 Å². The summed E-state index contributed by atoms with van der Waals surface area (Å²) in [6, 6.07) is 13.4. The van der Waals surface area contributed by atoms with Crippen LogP contribution in [-0.2, 0) is 9.59 Å². The number of aromatic nitrogens is 1. The highest BCUT2D eigenvalue weighted by Crippen LogP contribution is 2.30. The molecule has 1 unspecified atom stereocenters. The summed E-state index contributed by atoms with van der Waals surface area (Å²) in [6.45, 7) is 4.82. The van der Waals surface area contributed by atoms with Gasteiger partial charge in [0.2, 0.25) is 12.3 Å². The first kappa shape index (κ1) is 22.4. The molecule has 2 amide bonds. The molecule has 1 aromatic heterocycles. The van der Waals surface area contributed by atoms with E-state index in [-0.39, 0.29) is 11.7 Å². The summed E-state index contributed by atoms with van der Waals surface area (Å²) < 4.78 is 19.2. The third-order valence-electron chi connectivity index (χ3n) is 4.85. The van der Waals surface area contributed by atoms with Crippen LogP contribution in [0.1, 0.15) is 20.3 Å². The number of nitrogens with zero attached hydrogens (tertiary/aromatic N) is 1. The average molecular weight is 423 g/mol. The van der Waals surface area contributed by atoms with Gasteiger partial charge in [-0.1, -0.05) is 26.0 Å². The normalized spacial score (nSPS) is 12.0. The van der Waals surface area contributed by atoms with Crippen LogP contribution in [0.3, 0.4) is 0 Å². The molecule has 2 N–H and O–H groups in total. The Kier molecular flexibility index (Phi) is 7.67. The highest BCUT2D eigenvalue weighted by atomic mass is 19.1. The van der Waals surface area contributed by atoms with E-state index in [0.29, 0.717) is 37.6 Å². The predicted octanol–water partition coefficient (Wildman–Crippen LogP) is 3.70. The maximum absolute atomic E-state index is 13.3. The van der Waals surface area contributed by atoms with Gasteiger partial charge >= 0.3 is 0 Å². The number of benzene rings is 2. The van der Waals surface area contributed by atoms with Gasteiger partial charge in [0.15, 0.2) is 0 Å². The Morgan fingerprint density at radius 1 is 1.16 bits per heavy atom. The first-order chi connectivity index (χ1) is 15.0. The molecule has 7 heteroatoms. The van der Waals surface area contributed by atoms with Crippen LogP contribution >= 0.6 is 0 Å². The quantitative estimate of drug-likeness (QED) is 0.384. The van der Waals surface area contributed by atoms with Gasteiger partial charge in [-0.05, 0) is 59.9 Å². The van der Waals surface area contributed by atoms with Crippen LogP contribution in [0.25, 0.3) is 22.0 Å². The minimum Gasteiger partial charge on any atom is -0.492 e. The molecule has 2 aromatic carbocycles. The lowest BCUT2D eigenvalue weighted by atomic mass is 10.0. The van der Waals surface area contributed by atoms with E-state index in [1.807, 2.05) is 38.1 Å². The highest BCUT2D eigenvalue weighted by molar-refractivity contribution is 5.95. The monoisotopic (exact) mass is 423 g/mol. The fourth-order valence-electron chi connectivity index (χ4n) is 3.41. The molecule has 1 heterocycles. The van der Waals surface area contributed by atoms with Crippen molar-refractivity contribution in [2.75, 3.05) is 13.2 Å². The van der Waals surface area contributed by atoms with E-state index in [2.05, 4.69) is 15.6 Å². The summed E-state index contributed by atoms with van der Waals surface area (Å²) in [6.07, 6.45) is 2.74. The Labute approximate surface area is 180 Å². The zero-order chi connectivity index (χ0) is 22.2. The van der Waals surface area contributed by atoms with Gasteiger partial charge in [0.05, 0.1) is 11.6 Å². The first-order valence-electron chi connectivity index (χ1n) is 10.2. The van der Waals surface area contributed by atoms with Gasteiger partial charge in [-0.25, -0.2) is 4.39 Å². The van der Waals surface area contributed by atoms with E-state index in [0.717, 1.165) is 22.0 Å². The van der Waals surface area contributed by atoms with Crippen LogP contribution in [0.2, 0.25) is 0 Å². The molecule has 0 spiro atoms. The van der Waals surface area contributed by atoms with Crippen molar-refractivity contribution in [3.8, 4) is 16.9 Å². The molecule has 0 fully saturated rings. The topological polar surface area (TPSA) is 80.3 Å². The summed E-state index contributed by atoms with van der Waals surface area (Å²) in [5.74, 6) is 0.345. The Morgan fingerprint density at radius 2 is 1.94 bits per heavy atom. The Bertz CT molecular complexity index is 1040. The number of pyridine rings is 1. The molecular formula is C24H26FN3O3. The molecule has 162 valence electrons. The van der Waals surface area contributed by atoms with Crippen molar-refractivity contribution >= 4 is 23.2 Å². The second-order valence-corrected chi connectivity index (χ2v) is 7.66. The maximum Gasteiger partial charge on any atom is 0.243 e. The number of hydrogen-bond acceptors (Lipinski definition) is 5. The Morgan fingerprint density at radius 3 is 2.65 bits per heavy atom. The summed E-state index contributed by atoms with van der Waals surface area (Å²) >= 11 is 0. The molecule has 0 saturated carbocycles. The second kappa shape index (κ2) is 10.6. The van der Waals surface area contributed by atoms with Gasteiger partial charge in [0.1, 0.15) is 18.2 Å². The SMILES string of the molecule is CC(C)CC(NCCOc1ccc2nccc(-c3ccc(F)cc3)c2c1)C(=O)NC=O. The number of ether oxygens (including phenoxy) is 1. The fraction of sp³-hybridized carbons (Fsp3) is 0.292. The van der Waals surface area contributed by atoms with Crippen LogP contribution in [0.5, 0.6) is 5.75 Å². The predicted molar refractivity (Wildman–Crippen MR) is 118 cm³/mol. The first-order valence-corrected chi connectivity index (χ1v) is 10.2. The van der Waals surface area contributed by atoms with Gasteiger partial charge in [-0.2, -0.15) is 0 Å². The Balaban J connectivity index is 1.68. The largest absolute Gasteiger partial charge is 0.492 e. The minimum absolute atomic E-state index is 0.281. The lowest BCUT2D eigenvalue weighted by molar-refractivity contribution is -0.127. The lowest BCUT2D eigenvalue weighted by Gasteiger charge is -2.19. The third kappa shape index (κ3) is 6.08. The second-order valence-electron chi connectivity index (χ2n) is 7.66. The van der Waals surface area contributed by atoms with E-state index < -0.39 is 6.04 Å². The van der Waals surface area contributed by atoms with Crippen molar-refractivity contribution in [3.63, 3.8) is 0 Å². The molecule has 1 atom stereocenters. The number of carbonyl (C=O) groups is 2. The number of halogens is 1. The van der Waals surface area contributed by atoms with Crippen molar-refractivity contribution in [3.05, 3.63) is 60.5 Å². The van der Waals surface area contributed by atoms with Gasteiger partial charge < -0.3 is 10.1 Å². The molecular weight excluding hydrogens is 397 g/mol. The van der Waals surface area contributed by atoms with E-state index in [1.165, 1.54) is 12.1 Å². The molecule has 6 nitrogen and oxygen atoms in total. The van der Waals surface area contributed by atoms with E-state index in [9.17, 15) is 14.0 Å². The van der Waals surface area contributed by atoms with Crippen molar-refractivity contribution < 1.29 is 18.7 Å². The van der Waals surface area contributed by atoms with Crippen LogP contribution in [0.15, 0.2) is 54.7 Å². The lowest BCUT2D eigenvalue weighted by Crippen LogP contribution is -2.45. The Hall–Kier alpha value is -3.32. The van der Waals surface area contributed by atoms with E-state index in [4.69, 9.17) is 4.74 Å². The van der Waals surface area contributed by atoms with Gasteiger partial charge in [0, 0.05) is 18.1 Å². The van der Waals surface area contributed by atoms with Crippen molar-refractivity contribution in [1.29, 1.82) is 0 Å². The maximum atomic E-state index is 13.3. The number of amides is 2. The summed E-state index contributed by atoms with van der Waals surface area (Å²) in [5.41, 5.74) is 2.65. The van der Waals surface area contributed by atoms with E-state index >= 15 is 0 Å². The average Bonchev–Trinajstić information content (AvgIpc) is 2.76. The molecule has 0 bridgehead atoms. The summed E-state index contributed by atoms with van der Waals surface area (Å²) in [7, 11) is 0. The number of imide groups is 1. The number of hydrogen-bond donors (Lipinski definition) is 2. The number of carbonyl (C=O) groups excluding carboxylic acids is 2. The highest BCUT2D eigenvalue weighted by Gasteiger charge is 2.18. The van der Waals surface area contributed by atoms with Crippen LogP contribution in [0, 0.1) is 11.7 Å². The van der Waals surface area contributed by atoms with Crippen molar-refractivity contribution in [2.24, 2.45) is 5.92 Å². The molecule has 0 aliphatic heterocycles. The molecule has 3 aromatic rings. The fourth-order valence-corrected chi connectivity index (χ4v) is 3.41. The minimum atomic E-state index is -0.459. The number of nitrogens with one attached hydrogen (secondary N) is 2. The number of rotatable bonds is 10. The molecule has 0 radical (unpaired) electrons. The standard InChI is InChI=1S/C24H26FN3O3/c1-16(2)13-23(24(30)28-15-29)27-11-12-31-19-7-8-22-21(14-19)20(9-10-26-22)17-3-5-18(25)6-4-17/h3-10,14-16,23,27H,11-13H2,1-2H3,(H,28,29,30). The zero-order valence-corrected chi connectivity index (χ0v) is 17.6. The summed E-state index contributed by atoms with van der Waals surface area (Å²) in [4.78, 5) is 27.0. The van der Waals surface area contributed by atoms with Crippen LogP contribution in [0.4, 0.5) is 4.39 Å². The van der Waals surface area contributed by atoms with E-state index in [1.54, 1.807) is 18.3 Å². The van der Waals surface area contributed by atoms with Gasteiger partial charge in [-0.15, -0.1) is 0 Å². The number of fused-ring (bicyclic) bond motifs is 1. The third-order valence-corrected chi connectivity index (χ3v) is 4.85. The van der Waals surface area contributed by atoms with Crippen molar-refractivity contribution in [1.82, 2.24) is 15.6 Å².